The molecule has 1 saturated heterocycles. The van der Waals surface area contributed by atoms with Crippen molar-refractivity contribution in [2.45, 2.75) is 33.6 Å². The Bertz CT molecular complexity index is 946. The average Bonchev–Trinajstić information content (AvgIpc) is 2.71. The Kier molecular flexibility index (Phi) is 6.30. The highest BCUT2D eigenvalue weighted by Gasteiger charge is 2.24. The first-order valence-electron chi connectivity index (χ1n) is 10.0. The van der Waals surface area contributed by atoms with E-state index in [1.54, 1.807) is 20.3 Å². The number of hydrogen-bond acceptors (Lipinski definition) is 6. The largest absolute Gasteiger partial charge is 0.493 e. The minimum Gasteiger partial charge on any atom is -0.493 e. The first kappa shape index (κ1) is 21.0. The number of hydrogen-bond donors (Lipinski definition) is 1. The van der Waals surface area contributed by atoms with Gasteiger partial charge in [0.05, 0.1) is 25.1 Å². The van der Waals surface area contributed by atoms with E-state index in [-0.39, 0.29) is 11.5 Å². The number of methoxy groups -OCH3 is 2. The van der Waals surface area contributed by atoms with Crippen molar-refractivity contribution in [2.75, 3.05) is 45.3 Å². The zero-order chi connectivity index (χ0) is 21.1. The lowest BCUT2D eigenvalue weighted by Crippen LogP contribution is -2.49. The molecular formula is C21H30N4O4. The molecule has 29 heavy (non-hydrogen) atoms. The number of ether oxygens (including phenoxy) is 2. The fourth-order valence-electron chi connectivity index (χ4n) is 3.73. The third kappa shape index (κ3) is 4.31. The molecule has 1 aliphatic heterocycles. The first-order valence-corrected chi connectivity index (χ1v) is 10.0. The van der Waals surface area contributed by atoms with Crippen molar-refractivity contribution < 1.29 is 14.3 Å². The molecule has 1 N–H and O–H groups in total. The maximum absolute atomic E-state index is 12.8. The zero-order valence-electron chi connectivity index (χ0n) is 17.9. The van der Waals surface area contributed by atoms with Gasteiger partial charge in [-0.1, -0.05) is 13.8 Å². The molecule has 1 amide bonds. The van der Waals surface area contributed by atoms with Gasteiger partial charge in [-0.3, -0.25) is 14.6 Å². The number of nitrogens with one attached hydrogen (secondary N) is 1. The van der Waals surface area contributed by atoms with E-state index in [4.69, 9.17) is 9.47 Å². The molecule has 0 atom stereocenters. The highest BCUT2D eigenvalue weighted by Crippen LogP contribution is 2.35. The highest BCUT2D eigenvalue weighted by molar-refractivity contribution is 5.87. The molecule has 158 valence electrons. The number of nitrogens with zero attached hydrogens (tertiary/aromatic N) is 3. The van der Waals surface area contributed by atoms with Gasteiger partial charge in [-0.15, -0.1) is 0 Å². The van der Waals surface area contributed by atoms with Crippen molar-refractivity contribution in [3.8, 4) is 11.5 Å². The second-order valence-electron chi connectivity index (χ2n) is 7.82. The fourth-order valence-corrected chi connectivity index (χ4v) is 3.73. The van der Waals surface area contributed by atoms with Gasteiger partial charge in [0, 0.05) is 44.2 Å². The number of carbonyl (C=O) groups is 1. The number of fused-ring (bicyclic) bond motifs is 1. The molecule has 1 aliphatic rings. The number of carbonyl (C=O) groups excluding carboxylic acids is 1. The summed E-state index contributed by atoms with van der Waals surface area (Å²) in [6.45, 7) is 8.59. The van der Waals surface area contributed by atoms with E-state index in [0.29, 0.717) is 72.4 Å². The lowest BCUT2D eigenvalue weighted by atomic mass is 10.1. The first-order chi connectivity index (χ1) is 13.8. The van der Waals surface area contributed by atoms with Crippen LogP contribution in [0.1, 0.15) is 32.3 Å². The van der Waals surface area contributed by atoms with Crippen LogP contribution in [-0.2, 0) is 4.79 Å². The number of rotatable bonds is 6. The Morgan fingerprint density at radius 1 is 1.21 bits per heavy atom. The summed E-state index contributed by atoms with van der Waals surface area (Å²) in [6, 6.07) is 1.73. The van der Waals surface area contributed by atoms with Gasteiger partial charge in [-0.2, -0.15) is 0 Å². The van der Waals surface area contributed by atoms with E-state index in [0.717, 1.165) is 6.42 Å². The van der Waals surface area contributed by atoms with Gasteiger partial charge < -0.3 is 19.3 Å². The van der Waals surface area contributed by atoms with Gasteiger partial charge in [0.15, 0.2) is 11.5 Å². The molecule has 8 nitrogen and oxygen atoms in total. The van der Waals surface area contributed by atoms with Crippen molar-refractivity contribution in [2.24, 2.45) is 5.92 Å². The minimum atomic E-state index is -0.209. The summed E-state index contributed by atoms with van der Waals surface area (Å²) in [6.07, 6.45) is 1.49. The molecule has 0 radical (unpaired) electrons. The number of aromatic amines is 1. The van der Waals surface area contributed by atoms with E-state index in [2.05, 4.69) is 23.8 Å². The molecule has 2 heterocycles. The average molecular weight is 402 g/mol. The van der Waals surface area contributed by atoms with Crippen LogP contribution in [0, 0.1) is 12.8 Å². The van der Waals surface area contributed by atoms with Gasteiger partial charge in [0.2, 0.25) is 11.9 Å². The fraction of sp³-hybridized carbons (Fsp3) is 0.571. The van der Waals surface area contributed by atoms with Crippen LogP contribution in [0.25, 0.3) is 10.9 Å². The minimum absolute atomic E-state index is 0.200. The maximum atomic E-state index is 12.8. The molecule has 1 aromatic heterocycles. The van der Waals surface area contributed by atoms with Gasteiger partial charge in [0.25, 0.3) is 5.56 Å². The summed E-state index contributed by atoms with van der Waals surface area (Å²) in [4.78, 5) is 36.6. The smallest absolute Gasteiger partial charge is 0.260 e. The zero-order valence-corrected chi connectivity index (χ0v) is 17.9. The van der Waals surface area contributed by atoms with E-state index in [1.165, 1.54) is 0 Å². The number of benzene rings is 1. The summed E-state index contributed by atoms with van der Waals surface area (Å²) in [5.41, 5.74) is 1.05. The molecule has 0 spiro atoms. The molecule has 0 saturated carbocycles. The monoisotopic (exact) mass is 402 g/mol. The standard InChI is InChI=1S/C21H30N4O4/c1-13(2)6-7-17(26)24-8-10-25(11-9-24)21-22-15-12-16(28-4)19(29-5)14(3)18(15)20(27)23-21/h12-13H,6-11H2,1-5H3,(H,22,23,27). The molecule has 0 bridgehead atoms. The lowest BCUT2D eigenvalue weighted by molar-refractivity contribution is -0.131. The predicted molar refractivity (Wildman–Crippen MR) is 113 cm³/mol. The summed E-state index contributed by atoms with van der Waals surface area (Å²) < 4.78 is 10.8. The second kappa shape index (κ2) is 8.71. The molecule has 0 unspecified atom stereocenters. The third-order valence-electron chi connectivity index (χ3n) is 5.43. The molecular weight excluding hydrogens is 372 g/mol. The molecule has 2 aromatic rings. The Hall–Kier alpha value is -2.77. The van der Waals surface area contributed by atoms with E-state index >= 15 is 0 Å². The summed E-state index contributed by atoms with van der Waals surface area (Å²) in [5, 5.41) is 0.494. The van der Waals surface area contributed by atoms with Crippen molar-refractivity contribution in [3.63, 3.8) is 0 Å². The van der Waals surface area contributed by atoms with Crippen LogP contribution >= 0.6 is 0 Å². The molecule has 1 fully saturated rings. The topological polar surface area (TPSA) is 87.8 Å². The molecule has 8 heteroatoms. The predicted octanol–water partition coefficient (Wildman–Crippen LogP) is 2.33. The molecule has 1 aromatic carbocycles. The van der Waals surface area contributed by atoms with Gasteiger partial charge in [-0.25, -0.2) is 4.98 Å². The quantitative estimate of drug-likeness (QED) is 0.798. The Morgan fingerprint density at radius 2 is 1.90 bits per heavy atom. The number of anilines is 1. The summed E-state index contributed by atoms with van der Waals surface area (Å²) in [7, 11) is 3.11. The van der Waals surface area contributed by atoms with Crippen LogP contribution in [0.2, 0.25) is 0 Å². The summed E-state index contributed by atoms with van der Waals surface area (Å²) >= 11 is 0. The summed E-state index contributed by atoms with van der Waals surface area (Å²) in [5.74, 6) is 2.32. The number of aryl methyl sites for hydroxylation is 1. The van der Waals surface area contributed by atoms with E-state index in [1.807, 2.05) is 16.7 Å². The second-order valence-corrected chi connectivity index (χ2v) is 7.82. The van der Waals surface area contributed by atoms with Crippen molar-refractivity contribution in [1.82, 2.24) is 14.9 Å². The van der Waals surface area contributed by atoms with Crippen LogP contribution in [0.3, 0.4) is 0 Å². The van der Waals surface area contributed by atoms with Crippen LogP contribution in [0.5, 0.6) is 11.5 Å². The molecule has 0 aliphatic carbocycles. The van der Waals surface area contributed by atoms with Gasteiger partial charge in [0.1, 0.15) is 0 Å². The van der Waals surface area contributed by atoms with Gasteiger partial charge >= 0.3 is 0 Å². The van der Waals surface area contributed by atoms with Crippen LogP contribution in [-0.4, -0.2) is 61.2 Å². The molecule has 3 rings (SSSR count). The van der Waals surface area contributed by atoms with Crippen molar-refractivity contribution >= 4 is 22.8 Å². The number of H-pyrrole nitrogens is 1. The number of amides is 1. The normalized spacial score (nSPS) is 14.6. The SMILES string of the molecule is COc1cc2nc(N3CCN(C(=O)CCC(C)C)CC3)[nH]c(=O)c2c(C)c1OC. The van der Waals surface area contributed by atoms with E-state index in [9.17, 15) is 9.59 Å². The van der Waals surface area contributed by atoms with Gasteiger partial charge in [-0.05, 0) is 19.3 Å². The highest BCUT2D eigenvalue weighted by atomic mass is 16.5. The van der Waals surface area contributed by atoms with Crippen molar-refractivity contribution in [3.05, 3.63) is 22.0 Å². The maximum Gasteiger partial charge on any atom is 0.260 e. The van der Waals surface area contributed by atoms with Crippen LogP contribution < -0.4 is 19.9 Å². The number of piperazine rings is 1. The van der Waals surface area contributed by atoms with E-state index < -0.39 is 0 Å². The lowest BCUT2D eigenvalue weighted by Gasteiger charge is -2.35. The Balaban J connectivity index is 1.81. The number of aromatic nitrogens is 2. The Labute approximate surface area is 170 Å². The Morgan fingerprint density at radius 3 is 2.48 bits per heavy atom. The third-order valence-corrected chi connectivity index (χ3v) is 5.43. The van der Waals surface area contributed by atoms with Crippen LogP contribution in [0.4, 0.5) is 5.95 Å². The van der Waals surface area contributed by atoms with Crippen molar-refractivity contribution in [1.29, 1.82) is 0 Å². The van der Waals surface area contributed by atoms with Crippen LogP contribution in [0.15, 0.2) is 10.9 Å².